The Morgan fingerprint density at radius 3 is 2.44 bits per heavy atom. The van der Waals surface area contributed by atoms with E-state index in [1.54, 1.807) is 30.3 Å². The van der Waals surface area contributed by atoms with Gasteiger partial charge in [0.15, 0.2) is 5.60 Å². The van der Waals surface area contributed by atoms with E-state index in [1.165, 1.54) is 0 Å². The number of nitrogens with two attached hydrogens (primary N) is 1. The normalized spacial score (nSPS) is 15.5. The second kappa shape index (κ2) is 5.61. The van der Waals surface area contributed by atoms with Crippen LogP contribution in [-0.2, 0) is 9.59 Å². The van der Waals surface area contributed by atoms with Crippen LogP contribution in [-0.4, -0.2) is 34.2 Å². The maximum atomic E-state index is 11.7. The van der Waals surface area contributed by atoms with Crippen molar-refractivity contribution in [3.63, 3.8) is 0 Å². The van der Waals surface area contributed by atoms with Gasteiger partial charge in [0.25, 0.3) is 0 Å². The van der Waals surface area contributed by atoms with Gasteiger partial charge in [-0.15, -0.1) is 0 Å². The number of amides is 1. The third kappa shape index (κ3) is 3.54. The van der Waals surface area contributed by atoms with Crippen LogP contribution >= 0.6 is 0 Å². The summed E-state index contributed by atoms with van der Waals surface area (Å²) >= 11 is 0. The molecule has 5 N–H and O–H groups in total. The molecule has 0 bridgehead atoms. The lowest BCUT2D eigenvalue weighted by molar-refractivity contribution is -0.156. The second-order valence-corrected chi connectivity index (χ2v) is 4.19. The molecule has 0 aliphatic heterocycles. The van der Waals surface area contributed by atoms with Crippen molar-refractivity contribution in [1.29, 1.82) is 0 Å². The molecule has 6 nitrogen and oxygen atoms in total. The Hall–Kier alpha value is -1.92. The molecule has 0 saturated carbocycles. The Bertz CT molecular complexity index is 431. The average Bonchev–Trinajstić information content (AvgIpc) is 2.36. The van der Waals surface area contributed by atoms with Gasteiger partial charge in [-0.25, -0.2) is 4.79 Å². The highest BCUT2D eigenvalue weighted by Gasteiger charge is 2.31. The first kappa shape index (κ1) is 14.1. The van der Waals surface area contributed by atoms with E-state index in [0.29, 0.717) is 5.56 Å². The summed E-state index contributed by atoms with van der Waals surface area (Å²) in [5.74, 6) is -1.95. The summed E-state index contributed by atoms with van der Waals surface area (Å²) in [7, 11) is 0. The van der Waals surface area contributed by atoms with Gasteiger partial charge in [0.1, 0.15) is 6.04 Å². The molecule has 0 fully saturated rings. The zero-order valence-corrected chi connectivity index (χ0v) is 9.96. The van der Waals surface area contributed by atoms with Crippen LogP contribution in [0.5, 0.6) is 0 Å². The minimum atomic E-state index is -2.01. The summed E-state index contributed by atoms with van der Waals surface area (Å²) < 4.78 is 0. The lowest BCUT2D eigenvalue weighted by atomic mass is 10.1. The number of carbonyl (C=O) groups excluding carboxylic acids is 1. The number of carboxylic acids is 1. The Balaban J connectivity index is 2.59. The molecule has 0 aliphatic carbocycles. The summed E-state index contributed by atoms with van der Waals surface area (Å²) in [6, 6.07) is 7.78. The van der Waals surface area contributed by atoms with Crippen LogP contribution in [0, 0.1) is 0 Å². The van der Waals surface area contributed by atoms with E-state index in [-0.39, 0.29) is 0 Å². The highest BCUT2D eigenvalue weighted by Crippen LogP contribution is 2.10. The van der Waals surface area contributed by atoms with Gasteiger partial charge < -0.3 is 21.3 Å². The number of nitrogens with one attached hydrogen (secondary N) is 1. The van der Waals surface area contributed by atoms with Gasteiger partial charge in [-0.05, 0) is 12.5 Å². The number of rotatable bonds is 5. The van der Waals surface area contributed by atoms with Crippen molar-refractivity contribution in [2.75, 3.05) is 6.54 Å². The molecule has 2 atom stereocenters. The molecule has 0 aliphatic rings. The van der Waals surface area contributed by atoms with Crippen LogP contribution in [0.2, 0.25) is 0 Å². The van der Waals surface area contributed by atoms with E-state index in [2.05, 4.69) is 5.32 Å². The first-order valence-electron chi connectivity index (χ1n) is 5.38. The lowest BCUT2D eigenvalue weighted by Crippen LogP contribution is -2.48. The van der Waals surface area contributed by atoms with Crippen LogP contribution in [0.15, 0.2) is 30.3 Å². The van der Waals surface area contributed by atoms with Gasteiger partial charge in [0, 0.05) is 0 Å². The maximum Gasteiger partial charge on any atom is 0.337 e. The smallest absolute Gasteiger partial charge is 0.337 e. The van der Waals surface area contributed by atoms with Crippen molar-refractivity contribution in [3.8, 4) is 0 Å². The predicted molar refractivity (Wildman–Crippen MR) is 64.6 cm³/mol. The van der Waals surface area contributed by atoms with E-state index >= 15 is 0 Å². The van der Waals surface area contributed by atoms with Crippen molar-refractivity contribution in [2.24, 2.45) is 5.73 Å². The first-order chi connectivity index (χ1) is 8.34. The first-order valence-corrected chi connectivity index (χ1v) is 5.38. The number of benzene rings is 1. The van der Waals surface area contributed by atoms with E-state index in [4.69, 9.17) is 10.8 Å². The summed E-state index contributed by atoms with van der Waals surface area (Å²) in [4.78, 5) is 22.3. The van der Waals surface area contributed by atoms with Crippen molar-refractivity contribution >= 4 is 11.9 Å². The molecule has 0 heterocycles. The number of hydrogen-bond acceptors (Lipinski definition) is 4. The Labute approximate surface area is 104 Å². The number of hydrogen-bond donors (Lipinski definition) is 4. The van der Waals surface area contributed by atoms with Crippen molar-refractivity contribution in [2.45, 2.75) is 18.6 Å². The number of carboxylic acid groups (broad SMARTS) is 1. The third-order valence-electron chi connectivity index (χ3n) is 2.51. The number of aliphatic hydroxyl groups is 1. The van der Waals surface area contributed by atoms with Crippen LogP contribution in [0.3, 0.4) is 0 Å². The monoisotopic (exact) mass is 252 g/mol. The second-order valence-electron chi connectivity index (χ2n) is 4.19. The highest BCUT2D eigenvalue weighted by atomic mass is 16.4. The van der Waals surface area contributed by atoms with Crippen LogP contribution < -0.4 is 11.1 Å². The van der Waals surface area contributed by atoms with Crippen molar-refractivity contribution in [3.05, 3.63) is 35.9 Å². The minimum Gasteiger partial charge on any atom is -0.479 e. The standard InChI is InChI=1S/C12H16N2O4/c1-12(18,11(16)17)7-14-10(15)9(13)8-5-3-2-4-6-8/h2-6,9,18H,7,13H2,1H3,(H,14,15)(H,16,17)/t9-,12?/m1/s1. The largest absolute Gasteiger partial charge is 0.479 e. The zero-order valence-electron chi connectivity index (χ0n) is 9.96. The fraction of sp³-hybridized carbons (Fsp3) is 0.333. The quantitative estimate of drug-likeness (QED) is 0.571. The molecule has 1 unspecified atom stereocenters. The molecule has 18 heavy (non-hydrogen) atoms. The van der Waals surface area contributed by atoms with Crippen molar-refractivity contribution in [1.82, 2.24) is 5.32 Å². The van der Waals surface area contributed by atoms with E-state index < -0.39 is 30.1 Å². The summed E-state index contributed by atoms with van der Waals surface area (Å²) in [6.07, 6.45) is 0. The lowest BCUT2D eigenvalue weighted by Gasteiger charge is -2.20. The van der Waals surface area contributed by atoms with E-state index in [9.17, 15) is 14.7 Å². The van der Waals surface area contributed by atoms with E-state index in [1.807, 2.05) is 0 Å². The number of carbonyl (C=O) groups is 2. The predicted octanol–water partition coefficient (Wildman–Crippen LogP) is -0.362. The molecule has 1 rings (SSSR count). The fourth-order valence-corrected chi connectivity index (χ4v) is 1.26. The van der Waals surface area contributed by atoms with Crippen LogP contribution in [0.1, 0.15) is 18.5 Å². The van der Waals surface area contributed by atoms with Gasteiger partial charge in [-0.1, -0.05) is 30.3 Å². The molecule has 1 aromatic rings. The molecule has 0 radical (unpaired) electrons. The molecule has 98 valence electrons. The molecule has 1 amide bonds. The maximum absolute atomic E-state index is 11.7. The van der Waals surface area contributed by atoms with Crippen LogP contribution in [0.25, 0.3) is 0 Å². The molecular weight excluding hydrogens is 236 g/mol. The van der Waals surface area contributed by atoms with Gasteiger partial charge in [-0.2, -0.15) is 0 Å². The minimum absolute atomic E-state index is 0.401. The summed E-state index contributed by atoms with van der Waals surface area (Å²) in [5.41, 5.74) is 4.31. The van der Waals surface area contributed by atoms with Crippen molar-refractivity contribution < 1.29 is 19.8 Å². The van der Waals surface area contributed by atoms with Crippen LogP contribution in [0.4, 0.5) is 0 Å². The third-order valence-corrected chi connectivity index (χ3v) is 2.51. The summed E-state index contributed by atoms with van der Waals surface area (Å²) in [5, 5.41) is 20.4. The SMILES string of the molecule is CC(O)(CNC(=O)[C@H](N)c1ccccc1)C(=O)O. The zero-order chi connectivity index (χ0) is 13.8. The molecule has 0 aromatic heterocycles. The molecular formula is C12H16N2O4. The molecule has 0 saturated heterocycles. The van der Waals surface area contributed by atoms with Gasteiger partial charge in [0.05, 0.1) is 6.54 Å². The van der Waals surface area contributed by atoms with E-state index in [0.717, 1.165) is 6.92 Å². The molecule has 6 heteroatoms. The highest BCUT2D eigenvalue weighted by molar-refractivity contribution is 5.84. The Morgan fingerprint density at radius 1 is 1.39 bits per heavy atom. The van der Waals surface area contributed by atoms with Gasteiger partial charge in [-0.3, -0.25) is 4.79 Å². The molecule has 1 aromatic carbocycles. The van der Waals surface area contributed by atoms with Gasteiger partial charge >= 0.3 is 5.97 Å². The summed E-state index contributed by atoms with van der Waals surface area (Å²) in [6.45, 7) is 0.700. The number of aliphatic carboxylic acids is 1. The fourth-order valence-electron chi connectivity index (χ4n) is 1.26. The van der Waals surface area contributed by atoms with Gasteiger partial charge in [0.2, 0.25) is 5.91 Å². The Morgan fingerprint density at radius 2 is 1.94 bits per heavy atom. The topological polar surface area (TPSA) is 113 Å². The molecule has 0 spiro atoms. The Kier molecular flexibility index (Phi) is 4.41. The average molecular weight is 252 g/mol.